The fourth-order valence-corrected chi connectivity index (χ4v) is 8.57. The van der Waals surface area contributed by atoms with Crippen molar-refractivity contribution in [3.05, 3.63) is 140 Å². The zero-order chi connectivity index (χ0) is 30.6. The highest BCUT2D eigenvalue weighted by molar-refractivity contribution is 7.25. The Morgan fingerprint density at radius 3 is 2.00 bits per heavy atom. The lowest BCUT2D eigenvalue weighted by Gasteiger charge is -2.13. The summed E-state index contributed by atoms with van der Waals surface area (Å²) in [6, 6.07) is 49.3. The van der Waals surface area contributed by atoms with E-state index in [1.807, 2.05) is 11.3 Å². The minimum Gasteiger partial charge on any atom is -0.277 e. The van der Waals surface area contributed by atoms with E-state index < -0.39 is 0 Å². The number of thiophene rings is 1. The Balaban J connectivity index is 1.32. The molecule has 5 aromatic heterocycles. The van der Waals surface area contributed by atoms with E-state index in [9.17, 15) is 0 Å². The first kappa shape index (κ1) is 25.1. The van der Waals surface area contributed by atoms with Crippen molar-refractivity contribution in [2.75, 3.05) is 0 Å². The summed E-state index contributed by atoms with van der Waals surface area (Å²) in [5.74, 6) is 0.634. The van der Waals surface area contributed by atoms with Gasteiger partial charge in [0.15, 0.2) is 0 Å². The molecule has 11 rings (SSSR count). The second-order valence-electron chi connectivity index (χ2n) is 12.1. The minimum atomic E-state index is 0.634. The van der Waals surface area contributed by atoms with Gasteiger partial charge in [-0.15, -0.1) is 11.3 Å². The van der Waals surface area contributed by atoms with Crippen LogP contribution in [0, 0.1) is 0 Å². The summed E-state index contributed by atoms with van der Waals surface area (Å²) in [5.41, 5.74) is 7.89. The average molecular weight is 618 g/mol. The molecule has 5 nitrogen and oxygen atoms in total. The fraction of sp³-hybridized carbons (Fsp3) is 0. The number of hydrogen-bond acceptors (Lipinski definition) is 4. The first-order valence-corrected chi connectivity index (χ1v) is 16.5. The molecule has 0 aliphatic heterocycles. The van der Waals surface area contributed by atoms with Crippen LogP contribution in [0.4, 0.5) is 0 Å². The van der Waals surface area contributed by atoms with Gasteiger partial charge >= 0.3 is 0 Å². The predicted octanol–water partition coefficient (Wildman–Crippen LogP) is 10.7. The van der Waals surface area contributed by atoms with E-state index in [1.165, 1.54) is 20.2 Å². The molecule has 0 bridgehead atoms. The molecule has 0 saturated heterocycles. The Hall–Kier alpha value is -6.11. The Labute approximate surface area is 271 Å². The number of para-hydroxylation sites is 4. The molecule has 0 N–H and O–H groups in total. The van der Waals surface area contributed by atoms with Gasteiger partial charge in [0.25, 0.3) is 0 Å². The smallest absolute Gasteiger partial charge is 0.236 e. The molecule has 0 aliphatic rings. The van der Waals surface area contributed by atoms with Crippen LogP contribution in [0.3, 0.4) is 0 Å². The third-order valence-corrected chi connectivity index (χ3v) is 10.7. The summed E-state index contributed by atoms with van der Waals surface area (Å²) < 4.78 is 7.11. The van der Waals surface area contributed by atoms with Crippen LogP contribution in [0.25, 0.3) is 97.7 Å². The van der Waals surface area contributed by atoms with E-state index >= 15 is 0 Å². The topological polar surface area (TPSA) is 48.0 Å². The summed E-state index contributed by atoms with van der Waals surface area (Å²) in [5, 5.41) is 8.16. The number of pyridine rings is 1. The summed E-state index contributed by atoms with van der Waals surface area (Å²) in [7, 11) is 0. The summed E-state index contributed by atoms with van der Waals surface area (Å²) in [6.07, 6.45) is 0. The van der Waals surface area contributed by atoms with Crippen LogP contribution in [0.1, 0.15) is 0 Å². The molecule has 0 radical (unpaired) electrons. The zero-order valence-electron chi connectivity index (χ0n) is 24.9. The highest BCUT2D eigenvalue weighted by Crippen LogP contribution is 2.41. The van der Waals surface area contributed by atoms with Gasteiger partial charge < -0.3 is 0 Å². The van der Waals surface area contributed by atoms with Gasteiger partial charge in [-0.2, -0.15) is 0 Å². The molecule has 6 aromatic carbocycles. The lowest BCUT2D eigenvalue weighted by molar-refractivity contribution is 0.991. The minimum absolute atomic E-state index is 0.634. The van der Waals surface area contributed by atoms with Crippen molar-refractivity contribution in [3.63, 3.8) is 0 Å². The van der Waals surface area contributed by atoms with Crippen molar-refractivity contribution < 1.29 is 0 Å². The van der Waals surface area contributed by atoms with Crippen molar-refractivity contribution in [1.82, 2.24) is 23.9 Å². The molecule has 47 heavy (non-hydrogen) atoms. The van der Waals surface area contributed by atoms with Crippen LogP contribution >= 0.6 is 11.3 Å². The van der Waals surface area contributed by atoms with Crippen LogP contribution in [0.15, 0.2) is 140 Å². The van der Waals surface area contributed by atoms with Crippen LogP contribution in [0.2, 0.25) is 0 Å². The first-order chi connectivity index (χ1) is 23.3. The molecular weight excluding hydrogens is 595 g/mol. The molecule has 0 aliphatic carbocycles. The fourth-order valence-electron chi connectivity index (χ4n) is 7.48. The number of rotatable bonds is 2. The lowest BCUT2D eigenvalue weighted by atomic mass is 10.0. The summed E-state index contributed by atoms with van der Waals surface area (Å²) in [6.45, 7) is 0. The van der Waals surface area contributed by atoms with Gasteiger partial charge in [0.2, 0.25) is 5.95 Å². The first-order valence-electron chi connectivity index (χ1n) is 15.7. The molecule has 0 amide bonds. The van der Waals surface area contributed by atoms with E-state index in [2.05, 4.69) is 148 Å². The third kappa shape index (κ3) is 3.39. The van der Waals surface area contributed by atoms with Gasteiger partial charge in [0.1, 0.15) is 11.3 Å². The van der Waals surface area contributed by atoms with Crippen molar-refractivity contribution in [3.8, 4) is 17.2 Å². The molecule has 0 saturated carbocycles. The second-order valence-corrected chi connectivity index (χ2v) is 13.1. The van der Waals surface area contributed by atoms with Crippen molar-refractivity contribution in [2.24, 2.45) is 0 Å². The maximum atomic E-state index is 5.46. The number of fused-ring (bicyclic) bond motifs is 14. The summed E-state index contributed by atoms with van der Waals surface area (Å²) in [4.78, 5) is 15.9. The zero-order valence-corrected chi connectivity index (χ0v) is 25.7. The van der Waals surface area contributed by atoms with Crippen LogP contribution in [-0.2, 0) is 0 Å². The van der Waals surface area contributed by atoms with E-state index in [0.717, 1.165) is 71.5 Å². The molecule has 0 atom stereocenters. The van der Waals surface area contributed by atoms with E-state index in [4.69, 9.17) is 15.0 Å². The molecular formula is C41H23N5S. The number of nitrogens with zero attached hydrogens (tertiary/aromatic N) is 5. The maximum absolute atomic E-state index is 5.46. The van der Waals surface area contributed by atoms with Crippen LogP contribution < -0.4 is 0 Å². The van der Waals surface area contributed by atoms with Gasteiger partial charge in [0, 0.05) is 47.3 Å². The largest absolute Gasteiger partial charge is 0.277 e. The van der Waals surface area contributed by atoms with Gasteiger partial charge in [0.05, 0.1) is 27.8 Å². The quantitative estimate of drug-likeness (QED) is 0.194. The van der Waals surface area contributed by atoms with Crippen molar-refractivity contribution >= 4 is 91.8 Å². The molecule has 218 valence electrons. The van der Waals surface area contributed by atoms with Gasteiger partial charge in [-0.25, -0.2) is 15.0 Å². The SMILES string of the molecule is c1ccc2c(-c3ccc4sc5ccccc5c4c3)nc(-n3c4ccccc4c4c5ccccc5c5nc6ccccc6n5c43)nc2c1. The third-order valence-electron chi connectivity index (χ3n) is 9.50. The Morgan fingerprint density at radius 1 is 0.468 bits per heavy atom. The van der Waals surface area contributed by atoms with E-state index in [0.29, 0.717) is 5.95 Å². The van der Waals surface area contributed by atoms with Gasteiger partial charge in [-0.3, -0.25) is 8.97 Å². The van der Waals surface area contributed by atoms with Crippen molar-refractivity contribution in [1.29, 1.82) is 0 Å². The molecule has 6 heteroatoms. The maximum Gasteiger partial charge on any atom is 0.236 e. The lowest BCUT2D eigenvalue weighted by Crippen LogP contribution is -2.06. The second kappa shape index (κ2) is 9.22. The van der Waals surface area contributed by atoms with Gasteiger partial charge in [-0.05, 0) is 47.9 Å². The Kier molecular flexibility index (Phi) is 4.93. The average Bonchev–Trinajstić information content (AvgIpc) is 3.81. The van der Waals surface area contributed by atoms with Crippen LogP contribution in [0.5, 0.6) is 0 Å². The molecule has 5 heterocycles. The van der Waals surface area contributed by atoms with E-state index in [-0.39, 0.29) is 0 Å². The monoisotopic (exact) mass is 617 g/mol. The number of imidazole rings is 1. The summed E-state index contributed by atoms with van der Waals surface area (Å²) >= 11 is 1.83. The Bertz CT molecular complexity index is 3090. The van der Waals surface area contributed by atoms with E-state index in [1.54, 1.807) is 0 Å². The molecule has 11 aromatic rings. The molecule has 0 spiro atoms. The van der Waals surface area contributed by atoms with Gasteiger partial charge in [-0.1, -0.05) is 97.1 Å². The predicted molar refractivity (Wildman–Crippen MR) is 196 cm³/mol. The highest BCUT2D eigenvalue weighted by atomic mass is 32.1. The molecule has 0 unspecified atom stereocenters. The van der Waals surface area contributed by atoms with Crippen LogP contribution in [-0.4, -0.2) is 23.9 Å². The normalized spacial score (nSPS) is 12.3. The number of hydrogen-bond donors (Lipinski definition) is 0. The number of aromatic nitrogens is 5. The molecule has 0 fully saturated rings. The Morgan fingerprint density at radius 2 is 1.13 bits per heavy atom. The highest BCUT2D eigenvalue weighted by Gasteiger charge is 2.23. The van der Waals surface area contributed by atoms with Crippen molar-refractivity contribution in [2.45, 2.75) is 0 Å². The number of benzene rings is 6. The standard InChI is InChI=1S/C41H23N5S/c1-2-13-27-26(12-1)37-29-15-4-8-18-33(29)46(40(37)45-34-19-9-7-17-32(34)42-39(27)45)41-43-31-16-6-3-14-28(31)38(44-41)24-21-22-36-30(23-24)25-11-5-10-20-35(25)47-36/h1-23H.